The summed E-state index contributed by atoms with van der Waals surface area (Å²) in [5, 5.41) is 5.23. The van der Waals surface area contributed by atoms with Gasteiger partial charge >= 0.3 is 5.97 Å². The third-order valence-electron chi connectivity index (χ3n) is 4.82. The molecule has 5 heteroatoms. The summed E-state index contributed by atoms with van der Waals surface area (Å²) in [4.78, 5) is 12.5. The second-order valence-electron chi connectivity index (χ2n) is 6.40. The Morgan fingerprint density at radius 1 is 1.04 bits per heavy atom. The Balaban J connectivity index is 2.06. The Morgan fingerprint density at radius 3 is 2.56 bits per heavy atom. The van der Waals surface area contributed by atoms with E-state index in [0.29, 0.717) is 23.7 Å². The molecule has 0 saturated carbocycles. The predicted octanol–water partition coefficient (Wildman–Crippen LogP) is 4.63. The minimum Gasteiger partial charge on any atom is -0.493 e. The van der Waals surface area contributed by atoms with Gasteiger partial charge < -0.3 is 19.5 Å². The number of methoxy groups -OCH3 is 2. The summed E-state index contributed by atoms with van der Waals surface area (Å²) in [6, 6.07) is 13.9. The van der Waals surface area contributed by atoms with Crippen molar-refractivity contribution in [3.63, 3.8) is 0 Å². The smallest absolute Gasteiger partial charge is 0.339 e. The lowest BCUT2D eigenvalue weighted by atomic mass is 9.90. The van der Waals surface area contributed by atoms with Crippen molar-refractivity contribution in [2.24, 2.45) is 0 Å². The lowest BCUT2D eigenvalue weighted by Gasteiger charge is -2.15. The zero-order chi connectivity index (χ0) is 19.0. The van der Waals surface area contributed by atoms with Gasteiger partial charge in [0.25, 0.3) is 0 Å². The Kier molecular flexibility index (Phi) is 4.36. The molecule has 0 spiro atoms. The molecule has 138 valence electrons. The molecule has 0 aliphatic carbocycles. The number of benzene rings is 3. The van der Waals surface area contributed by atoms with E-state index >= 15 is 0 Å². The monoisotopic (exact) mass is 363 g/mol. The van der Waals surface area contributed by atoms with E-state index < -0.39 is 0 Å². The van der Waals surface area contributed by atoms with Crippen LogP contribution in [0.2, 0.25) is 0 Å². The Bertz CT molecular complexity index is 1040. The fourth-order valence-electron chi connectivity index (χ4n) is 3.64. The van der Waals surface area contributed by atoms with E-state index in [4.69, 9.17) is 14.2 Å². The highest BCUT2D eigenvalue weighted by molar-refractivity contribution is 6.11. The van der Waals surface area contributed by atoms with Crippen LogP contribution in [0.5, 0.6) is 11.5 Å². The van der Waals surface area contributed by atoms with Crippen molar-refractivity contribution in [3.8, 4) is 22.6 Å². The number of rotatable bonds is 5. The minimum absolute atomic E-state index is 0.287. The topological polar surface area (TPSA) is 56.8 Å². The molecule has 27 heavy (non-hydrogen) atoms. The first-order valence-electron chi connectivity index (χ1n) is 8.89. The van der Waals surface area contributed by atoms with Crippen LogP contribution in [-0.4, -0.2) is 26.7 Å². The molecule has 0 radical (unpaired) electrons. The van der Waals surface area contributed by atoms with Crippen molar-refractivity contribution < 1.29 is 19.0 Å². The van der Waals surface area contributed by atoms with Gasteiger partial charge in [-0.25, -0.2) is 4.79 Å². The number of fused-ring (bicyclic) bond motifs is 2. The van der Waals surface area contributed by atoms with Gasteiger partial charge in [-0.1, -0.05) is 12.1 Å². The van der Waals surface area contributed by atoms with Gasteiger partial charge in [0.2, 0.25) is 0 Å². The van der Waals surface area contributed by atoms with Crippen LogP contribution in [-0.2, 0) is 11.3 Å². The molecule has 1 aliphatic heterocycles. The van der Waals surface area contributed by atoms with Crippen LogP contribution in [0.3, 0.4) is 0 Å². The number of cyclic esters (lactones) is 1. The standard InChI is InChI=1S/C22H21NO4/c1-4-23-16-7-5-6-13(9-16)20-17-11-19(26-3)18(25-2)10-14(17)8-15-12-27-22(24)21(15)20/h5-11,23H,4,12H2,1-3H3. The molecule has 1 heterocycles. The summed E-state index contributed by atoms with van der Waals surface area (Å²) in [5.74, 6) is 0.994. The average molecular weight is 363 g/mol. The molecule has 0 unspecified atom stereocenters. The Labute approximate surface area is 157 Å². The lowest BCUT2D eigenvalue weighted by Crippen LogP contribution is -2.01. The summed E-state index contributed by atoms with van der Waals surface area (Å²) >= 11 is 0. The Hall–Kier alpha value is -3.21. The molecule has 3 aromatic rings. The number of ether oxygens (including phenoxy) is 3. The molecule has 0 bridgehead atoms. The second kappa shape index (κ2) is 6.83. The fraction of sp³-hybridized carbons (Fsp3) is 0.227. The van der Waals surface area contributed by atoms with Crippen molar-refractivity contribution in [2.75, 3.05) is 26.1 Å². The van der Waals surface area contributed by atoms with E-state index in [-0.39, 0.29) is 5.97 Å². The fourth-order valence-corrected chi connectivity index (χ4v) is 3.64. The van der Waals surface area contributed by atoms with Gasteiger partial charge in [-0.2, -0.15) is 0 Å². The van der Waals surface area contributed by atoms with E-state index in [1.54, 1.807) is 14.2 Å². The maximum atomic E-state index is 12.5. The zero-order valence-corrected chi connectivity index (χ0v) is 15.6. The van der Waals surface area contributed by atoms with Gasteiger partial charge in [0.05, 0.1) is 19.8 Å². The quantitative estimate of drug-likeness (QED) is 0.670. The van der Waals surface area contributed by atoms with E-state index in [1.807, 2.05) is 36.4 Å². The maximum Gasteiger partial charge on any atom is 0.339 e. The summed E-state index contributed by atoms with van der Waals surface area (Å²) in [7, 11) is 3.22. The molecule has 3 aromatic carbocycles. The molecule has 4 rings (SSSR count). The normalized spacial score (nSPS) is 12.6. The van der Waals surface area contributed by atoms with Crippen LogP contribution in [0.1, 0.15) is 22.8 Å². The van der Waals surface area contributed by atoms with Crippen molar-refractivity contribution in [2.45, 2.75) is 13.5 Å². The molecule has 0 saturated heterocycles. The first-order chi connectivity index (χ1) is 13.2. The number of esters is 1. The highest BCUT2D eigenvalue weighted by atomic mass is 16.5. The number of hydrogen-bond acceptors (Lipinski definition) is 5. The third kappa shape index (κ3) is 2.85. The molecule has 0 atom stereocenters. The van der Waals surface area contributed by atoms with Crippen molar-refractivity contribution in [1.82, 2.24) is 0 Å². The number of carbonyl (C=O) groups excluding carboxylic acids is 1. The predicted molar refractivity (Wildman–Crippen MR) is 106 cm³/mol. The third-order valence-corrected chi connectivity index (χ3v) is 4.82. The van der Waals surface area contributed by atoms with Gasteiger partial charge in [-0.05, 0) is 53.6 Å². The van der Waals surface area contributed by atoms with Crippen LogP contribution >= 0.6 is 0 Å². The number of hydrogen-bond donors (Lipinski definition) is 1. The zero-order valence-electron chi connectivity index (χ0n) is 15.6. The van der Waals surface area contributed by atoms with Crippen LogP contribution < -0.4 is 14.8 Å². The minimum atomic E-state index is -0.287. The van der Waals surface area contributed by atoms with Crippen LogP contribution in [0.15, 0.2) is 42.5 Å². The number of carbonyl (C=O) groups is 1. The number of nitrogens with one attached hydrogen (secondary N) is 1. The van der Waals surface area contributed by atoms with Crippen LogP contribution in [0.25, 0.3) is 21.9 Å². The SMILES string of the molecule is CCNc1cccc(-c2c3c(cc4cc(OC)c(OC)cc24)COC3=O)c1. The molecular weight excluding hydrogens is 342 g/mol. The van der Waals surface area contributed by atoms with Crippen molar-refractivity contribution in [3.05, 3.63) is 53.6 Å². The van der Waals surface area contributed by atoms with Gasteiger partial charge in [0.15, 0.2) is 11.5 Å². The van der Waals surface area contributed by atoms with Gasteiger partial charge in [-0.15, -0.1) is 0 Å². The average Bonchev–Trinajstić information content (AvgIpc) is 3.06. The summed E-state index contributed by atoms with van der Waals surface area (Å²) in [6.45, 7) is 3.17. The highest BCUT2D eigenvalue weighted by Gasteiger charge is 2.28. The van der Waals surface area contributed by atoms with Gasteiger partial charge in [0.1, 0.15) is 6.61 Å². The molecule has 0 amide bonds. The van der Waals surface area contributed by atoms with Crippen molar-refractivity contribution in [1.29, 1.82) is 0 Å². The molecule has 0 fully saturated rings. The van der Waals surface area contributed by atoms with E-state index in [2.05, 4.69) is 18.3 Å². The van der Waals surface area contributed by atoms with E-state index in [9.17, 15) is 4.79 Å². The second-order valence-corrected chi connectivity index (χ2v) is 6.40. The van der Waals surface area contributed by atoms with E-state index in [1.165, 1.54) is 0 Å². The van der Waals surface area contributed by atoms with E-state index in [0.717, 1.165) is 39.7 Å². The Morgan fingerprint density at radius 2 is 1.81 bits per heavy atom. The summed E-state index contributed by atoms with van der Waals surface area (Å²) < 4.78 is 16.3. The van der Waals surface area contributed by atoms with Crippen LogP contribution in [0.4, 0.5) is 5.69 Å². The maximum absolute atomic E-state index is 12.5. The van der Waals surface area contributed by atoms with Crippen molar-refractivity contribution >= 4 is 22.4 Å². The molecule has 5 nitrogen and oxygen atoms in total. The first kappa shape index (κ1) is 17.2. The van der Waals surface area contributed by atoms with Gasteiger partial charge in [0, 0.05) is 23.4 Å². The van der Waals surface area contributed by atoms with Gasteiger partial charge in [-0.3, -0.25) is 0 Å². The molecular formula is C22H21NO4. The summed E-state index contributed by atoms with van der Waals surface area (Å²) in [6.07, 6.45) is 0. The van der Waals surface area contributed by atoms with Crippen LogP contribution in [0, 0.1) is 0 Å². The summed E-state index contributed by atoms with van der Waals surface area (Å²) in [5.41, 5.74) is 4.35. The largest absolute Gasteiger partial charge is 0.493 e. The molecule has 1 aliphatic rings. The number of anilines is 1. The molecule has 1 N–H and O–H groups in total. The lowest BCUT2D eigenvalue weighted by molar-refractivity contribution is 0.0535. The first-order valence-corrected chi connectivity index (χ1v) is 8.89. The highest BCUT2D eigenvalue weighted by Crippen LogP contribution is 2.42. The molecule has 0 aromatic heterocycles.